The van der Waals surface area contributed by atoms with E-state index in [2.05, 4.69) is 0 Å². The second kappa shape index (κ2) is 3.15. The molecule has 0 fully saturated rings. The van der Waals surface area contributed by atoms with Crippen molar-refractivity contribution in [3.05, 3.63) is 39.0 Å². The maximum Gasteiger partial charge on any atom is 0.166 e. The van der Waals surface area contributed by atoms with E-state index in [9.17, 15) is 4.39 Å². The topological polar surface area (TPSA) is 14.2 Å². The average molecular weight is 239 g/mol. The molecule has 1 aliphatic rings. The van der Waals surface area contributed by atoms with Gasteiger partial charge in [-0.1, -0.05) is 0 Å². The van der Waals surface area contributed by atoms with Gasteiger partial charge in [-0.3, -0.25) is 4.57 Å². The van der Waals surface area contributed by atoms with Crippen molar-refractivity contribution in [2.75, 3.05) is 0 Å². The molecule has 76 valence electrons. The normalized spacial score (nSPS) is 12.9. The van der Waals surface area contributed by atoms with Gasteiger partial charge in [0.1, 0.15) is 18.2 Å². The van der Waals surface area contributed by atoms with Crippen LogP contribution >= 0.6 is 23.6 Å². The maximum atomic E-state index is 13.1. The molecule has 0 atom stereocenters. The molecule has 0 unspecified atom stereocenters. The fraction of sp³-hybridized carbons (Fsp3) is 0.100. The zero-order valence-electron chi connectivity index (χ0n) is 7.57. The number of hydrogen-bond acceptors (Lipinski definition) is 3. The highest BCUT2D eigenvalue weighted by Gasteiger charge is 2.18. The zero-order valence-corrected chi connectivity index (χ0v) is 9.20. The monoisotopic (exact) mass is 239 g/mol. The lowest BCUT2D eigenvalue weighted by atomic mass is 10.2. The van der Waals surface area contributed by atoms with E-state index in [4.69, 9.17) is 17.0 Å². The molecule has 5 heteroatoms. The average Bonchev–Trinajstić information content (AvgIpc) is 2.60. The zero-order chi connectivity index (χ0) is 10.4. The number of ether oxygens (including phenoxy) is 1. The molecule has 0 saturated carbocycles. The molecule has 3 rings (SSSR count). The van der Waals surface area contributed by atoms with Crippen molar-refractivity contribution in [1.29, 1.82) is 0 Å². The molecule has 2 nitrogen and oxygen atoms in total. The van der Waals surface area contributed by atoms with Crippen LogP contribution in [0.5, 0.6) is 5.75 Å². The van der Waals surface area contributed by atoms with Gasteiger partial charge < -0.3 is 4.74 Å². The molecule has 15 heavy (non-hydrogen) atoms. The second-order valence-electron chi connectivity index (χ2n) is 3.23. The standard InChI is InChI=1S/C10H6FNOS2/c11-6-1-2-9-8(3-6)12-7(4-13-9)5-15-10(12)14/h1-3,5H,4H2. The van der Waals surface area contributed by atoms with Crippen LogP contribution in [0, 0.1) is 9.77 Å². The number of benzene rings is 1. The minimum Gasteiger partial charge on any atom is -0.485 e. The lowest BCUT2D eigenvalue weighted by molar-refractivity contribution is 0.284. The van der Waals surface area contributed by atoms with Crippen LogP contribution in [0.15, 0.2) is 23.6 Å². The third-order valence-corrected chi connectivity index (χ3v) is 3.55. The third kappa shape index (κ3) is 1.31. The van der Waals surface area contributed by atoms with Crippen molar-refractivity contribution in [2.45, 2.75) is 6.61 Å². The fourth-order valence-corrected chi connectivity index (χ4v) is 2.72. The van der Waals surface area contributed by atoms with Gasteiger partial charge in [0.05, 0.1) is 11.4 Å². The van der Waals surface area contributed by atoms with Crippen LogP contribution in [0.25, 0.3) is 5.69 Å². The number of hydrogen-bond donors (Lipinski definition) is 0. The molecule has 0 saturated heterocycles. The summed E-state index contributed by atoms with van der Waals surface area (Å²) in [5.41, 5.74) is 1.67. The van der Waals surface area contributed by atoms with E-state index in [1.807, 2.05) is 9.95 Å². The number of thiazole rings is 1. The number of aromatic nitrogens is 1. The largest absolute Gasteiger partial charge is 0.485 e. The van der Waals surface area contributed by atoms with Gasteiger partial charge in [-0.2, -0.15) is 0 Å². The van der Waals surface area contributed by atoms with Gasteiger partial charge in [0.15, 0.2) is 3.95 Å². The van der Waals surface area contributed by atoms with E-state index >= 15 is 0 Å². The predicted octanol–water partition coefficient (Wildman–Crippen LogP) is 3.30. The van der Waals surface area contributed by atoms with Crippen molar-refractivity contribution < 1.29 is 9.13 Å². The summed E-state index contributed by atoms with van der Waals surface area (Å²) < 4.78 is 21.2. The van der Waals surface area contributed by atoms with E-state index in [0.29, 0.717) is 18.0 Å². The number of nitrogens with zero attached hydrogens (tertiary/aromatic N) is 1. The smallest absolute Gasteiger partial charge is 0.166 e. The molecule has 0 N–H and O–H groups in total. The van der Waals surface area contributed by atoms with Gasteiger partial charge in [-0.05, 0) is 24.4 Å². The summed E-state index contributed by atoms with van der Waals surface area (Å²) in [6.45, 7) is 0.492. The van der Waals surface area contributed by atoms with Gasteiger partial charge in [0, 0.05) is 11.4 Å². The van der Waals surface area contributed by atoms with Crippen LogP contribution in [-0.4, -0.2) is 4.57 Å². The summed E-state index contributed by atoms with van der Waals surface area (Å²) in [5, 5.41) is 1.94. The van der Waals surface area contributed by atoms with Crippen molar-refractivity contribution in [3.63, 3.8) is 0 Å². The number of rotatable bonds is 0. The first-order valence-corrected chi connectivity index (χ1v) is 5.66. The van der Waals surface area contributed by atoms with E-state index in [1.54, 1.807) is 6.07 Å². The first kappa shape index (κ1) is 9.06. The van der Waals surface area contributed by atoms with Crippen LogP contribution in [-0.2, 0) is 6.61 Å². The van der Waals surface area contributed by atoms with Crippen LogP contribution in [0.2, 0.25) is 0 Å². The Hall–Kier alpha value is -1.20. The summed E-state index contributed by atoms with van der Waals surface area (Å²) in [7, 11) is 0. The van der Waals surface area contributed by atoms with E-state index in [-0.39, 0.29) is 5.82 Å². The fourth-order valence-electron chi connectivity index (χ4n) is 1.63. The minimum atomic E-state index is -0.279. The summed E-state index contributed by atoms with van der Waals surface area (Å²) >= 11 is 6.66. The minimum absolute atomic E-state index is 0.279. The highest BCUT2D eigenvalue weighted by molar-refractivity contribution is 7.73. The predicted molar refractivity (Wildman–Crippen MR) is 58.8 cm³/mol. The molecule has 2 aromatic rings. The summed E-state index contributed by atoms with van der Waals surface area (Å²) in [4.78, 5) is 0. The van der Waals surface area contributed by atoms with Crippen molar-refractivity contribution in [1.82, 2.24) is 4.57 Å². The van der Waals surface area contributed by atoms with Gasteiger partial charge in [-0.15, -0.1) is 11.3 Å². The lowest BCUT2D eigenvalue weighted by Gasteiger charge is -2.19. The number of fused-ring (bicyclic) bond motifs is 3. The molecule has 1 aromatic heterocycles. The molecule has 1 aromatic carbocycles. The highest BCUT2D eigenvalue weighted by Crippen LogP contribution is 2.32. The maximum absolute atomic E-state index is 13.1. The van der Waals surface area contributed by atoms with Crippen molar-refractivity contribution >= 4 is 23.6 Å². The first-order valence-electron chi connectivity index (χ1n) is 4.38. The lowest BCUT2D eigenvalue weighted by Crippen LogP contribution is -2.12. The molecule has 1 aliphatic heterocycles. The molecular formula is C10H6FNOS2. The summed E-state index contributed by atoms with van der Waals surface area (Å²) in [5.74, 6) is 0.400. The van der Waals surface area contributed by atoms with E-state index in [0.717, 1.165) is 9.65 Å². The van der Waals surface area contributed by atoms with Gasteiger partial charge in [-0.25, -0.2) is 4.39 Å². The van der Waals surface area contributed by atoms with E-state index < -0.39 is 0 Å². The van der Waals surface area contributed by atoms with Gasteiger partial charge in [0.2, 0.25) is 0 Å². The van der Waals surface area contributed by atoms with Gasteiger partial charge in [0.25, 0.3) is 0 Å². The Kier molecular flexibility index (Phi) is 1.90. The Morgan fingerprint density at radius 2 is 2.33 bits per heavy atom. The van der Waals surface area contributed by atoms with Crippen LogP contribution < -0.4 is 4.74 Å². The molecule has 0 aliphatic carbocycles. The Labute approximate surface area is 94.6 Å². The summed E-state index contributed by atoms with van der Waals surface area (Å²) in [6, 6.07) is 4.47. The second-order valence-corrected chi connectivity index (χ2v) is 4.73. The third-order valence-electron chi connectivity index (χ3n) is 2.30. The summed E-state index contributed by atoms with van der Waals surface area (Å²) in [6.07, 6.45) is 0. The number of halogens is 1. The van der Waals surface area contributed by atoms with Gasteiger partial charge >= 0.3 is 0 Å². The van der Waals surface area contributed by atoms with Crippen LogP contribution in [0.4, 0.5) is 4.39 Å². The Balaban J connectivity index is 2.36. The SMILES string of the molecule is Fc1ccc2c(c1)-n1c(csc1=S)CO2. The highest BCUT2D eigenvalue weighted by atomic mass is 32.1. The van der Waals surface area contributed by atoms with Crippen LogP contribution in [0.1, 0.15) is 5.69 Å². The quantitative estimate of drug-likeness (QED) is 0.655. The Morgan fingerprint density at radius 3 is 3.20 bits per heavy atom. The first-order chi connectivity index (χ1) is 7.25. The van der Waals surface area contributed by atoms with E-state index in [1.165, 1.54) is 23.5 Å². The Morgan fingerprint density at radius 1 is 1.47 bits per heavy atom. The molecule has 0 spiro atoms. The van der Waals surface area contributed by atoms with Crippen LogP contribution in [0.3, 0.4) is 0 Å². The molecule has 2 heterocycles. The van der Waals surface area contributed by atoms with Crippen molar-refractivity contribution in [2.24, 2.45) is 0 Å². The molecule has 0 radical (unpaired) electrons. The molecule has 0 bridgehead atoms. The Bertz CT molecular complexity index is 587. The molecular weight excluding hydrogens is 233 g/mol. The molecule has 0 amide bonds. The van der Waals surface area contributed by atoms with Crippen molar-refractivity contribution in [3.8, 4) is 11.4 Å².